The van der Waals surface area contributed by atoms with E-state index in [1.165, 1.54) is 5.56 Å². The van der Waals surface area contributed by atoms with Crippen LogP contribution in [0.1, 0.15) is 46.1 Å². The Kier molecular flexibility index (Phi) is 8.94. The first kappa shape index (κ1) is 24.8. The van der Waals surface area contributed by atoms with E-state index in [0.717, 1.165) is 34.3 Å². The number of carbonyl (C=O) groups is 1. The van der Waals surface area contributed by atoms with Crippen LogP contribution >= 0.6 is 11.8 Å². The van der Waals surface area contributed by atoms with Crippen molar-refractivity contribution in [1.29, 1.82) is 0 Å². The molecule has 2 aromatic heterocycles. The lowest BCUT2D eigenvalue weighted by molar-refractivity contribution is -0.123. The van der Waals surface area contributed by atoms with Crippen molar-refractivity contribution in [2.24, 2.45) is 5.92 Å². The highest BCUT2D eigenvalue weighted by atomic mass is 32.2. The summed E-state index contributed by atoms with van der Waals surface area (Å²) in [5, 5.41) is 12.4. The highest BCUT2D eigenvalue weighted by molar-refractivity contribution is 7.99. The SMILES string of the molecule is CCSc1nc(NCC(C)C)c2cnn(CCNC(=O)COc3ccc(C(C)C)cc3)c2n1. The fraction of sp³-hybridized carbons (Fsp3) is 0.500. The van der Waals surface area contributed by atoms with E-state index in [2.05, 4.69) is 60.3 Å². The maximum atomic E-state index is 12.2. The maximum Gasteiger partial charge on any atom is 0.258 e. The molecule has 3 aromatic rings. The van der Waals surface area contributed by atoms with Crippen LogP contribution in [-0.2, 0) is 11.3 Å². The zero-order valence-electron chi connectivity index (χ0n) is 20.1. The minimum Gasteiger partial charge on any atom is -0.484 e. The van der Waals surface area contributed by atoms with Crippen molar-refractivity contribution in [3.8, 4) is 5.75 Å². The number of fused-ring (bicyclic) bond motifs is 1. The number of carbonyl (C=O) groups excluding carboxylic acids is 1. The van der Waals surface area contributed by atoms with Crippen LogP contribution in [0.5, 0.6) is 5.75 Å². The molecule has 0 spiro atoms. The lowest BCUT2D eigenvalue weighted by Crippen LogP contribution is -2.31. The molecule has 178 valence electrons. The summed E-state index contributed by atoms with van der Waals surface area (Å²) in [4.78, 5) is 21.6. The van der Waals surface area contributed by atoms with Crippen molar-refractivity contribution in [3.63, 3.8) is 0 Å². The largest absolute Gasteiger partial charge is 0.484 e. The average molecular weight is 471 g/mol. The molecule has 9 heteroatoms. The van der Waals surface area contributed by atoms with Crippen molar-refractivity contribution in [3.05, 3.63) is 36.0 Å². The van der Waals surface area contributed by atoms with Crippen LogP contribution in [0.2, 0.25) is 0 Å². The van der Waals surface area contributed by atoms with Crippen LogP contribution in [0, 0.1) is 5.92 Å². The number of thioether (sulfide) groups is 1. The Balaban J connectivity index is 1.57. The molecule has 1 amide bonds. The average Bonchev–Trinajstić information content (AvgIpc) is 3.19. The number of aromatic nitrogens is 4. The van der Waals surface area contributed by atoms with Crippen molar-refractivity contribution in [2.75, 3.05) is 30.8 Å². The molecule has 33 heavy (non-hydrogen) atoms. The third-order valence-corrected chi connectivity index (χ3v) is 5.72. The molecule has 0 saturated carbocycles. The van der Waals surface area contributed by atoms with Crippen molar-refractivity contribution in [2.45, 2.75) is 52.2 Å². The first-order valence-electron chi connectivity index (χ1n) is 11.5. The van der Waals surface area contributed by atoms with Crippen LogP contribution < -0.4 is 15.4 Å². The third kappa shape index (κ3) is 7.08. The molecule has 8 nitrogen and oxygen atoms in total. The highest BCUT2D eigenvalue weighted by Gasteiger charge is 2.14. The topological polar surface area (TPSA) is 94.0 Å². The lowest BCUT2D eigenvalue weighted by Gasteiger charge is -2.11. The van der Waals surface area contributed by atoms with E-state index in [1.54, 1.807) is 18.0 Å². The van der Waals surface area contributed by atoms with E-state index >= 15 is 0 Å². The summed E-state index contributed by atoms with van der Waals surface area (Å²) in [6.07, 6.45) is 1.78. The van der Waals surface area contributed by atoms with Gasteiger partial charge in [-0.3, -0.25) is 4.79 Å². The van der Waals surface area contributed by atoms with E-state index in [4.69, 9.17) is 4.74 Å². The minimum atomic E-state index is -0.171. The zero-order chi connectivity index (χ0) is 23.8. The summed E-state index contributed by atoms with van der Waals surface area (Å²) in [5.74, 6) is 3.17. The smallest absolute Gasteiger partial charge is 0.258 e. The summed E-state index contributed by atoms with van der Waals surface area (Å²) in [6, 6.07) is 7.85. The normalized spacial score (nSPS) is 11.4. The van der Waals surface area contributed by atoms with Crippen molar-refractivity contribution >= 4 is 34.5 Å². The second kappa shape index (κ2) is 11.9. The predicted octanol–water partition coefficient (Wildman–Crippen LogP) is 4.32. The first-order chi connectivity index (χ1) is 15.9. The second-order valence-corrected chi connectivity index (χ2v) is 9.76. The van der Waals surface area contributed by atoms with Gasteiger partial charge >= 0.3 is 0 Å². The molecule has 0 aliphatic carbocycles. The molecule has 3 rings (SSSR count). The van der Waals surface area contributed by atoms with Crippen LogP contribution in [0.4, 0.5) is 5.82 Å². The number of hydrogen-bond donors (Lipinski definition) is 2. The number of nitrogens with zero attached hydrogens (tertiary/aromatic N) is 4. The number of rotatable bonds is 12. The number of ether oxygens (including phenoxy) is 1. The molecule has 2 N–H and O–H groups in total. The van der Waals surface area contributed by atoms with Crippen LogP contribution in [0.15, 0.2) is 35.6 Å². The molecule has 1 aromatic carbocycles. The maximum absolute atomic E-state index is 12.2. The fourth-order valence-corrected chi connectivity index (χ4v) is 3.74. The fourth-order valence-electron chi connectivity index (χ4n) is 3.18. The summed E-state index contributed by atoms with van der Waals surface area (Å²) in [6.45, 7) is 12.4. The monoisotopic (exact) mass is 470 g/mol. The Morgan fingerprint density at radius 1 is 1.15 bits per heavy atom. The molecule has 0 aliphatic rings. The summed E-state index contributed by atoms with van der Waals surface area (Å²) in [7, 11) is 0. The quantitative estimate of drug-likeness (QED) is 0.301. The van der Waals surface area contributed by atoms with E-state index in [1.807, 2.05) is 28.9 Å². The summed E-state index contributed by atoms with van der Waals surface area (Å²) >= 11 is 1.60. The van der Waals surface area contributed by atoms with Crippen molar-refractivity contribution < 1.29 is 9.53 Å². The Morgan fingerprint density at radius 2 is 1.91 bits per heavy atom. The molecular formula is C24H34N6O2S. The van der Waals surface area contributed by atoms with Gasteiger partial charge in [0.15, 0.2) is 17.4 Å². The number of amides is 1. The molecule has 2 heterocycles. The Hall–Kier alpha value is -2.81. The van der Waals surface area contributed by atoms with Gasteiger partial charge in [-0.05, 0) is 35.3 Å². The van der Waals surface area contributed by atoms with E-state index in [9.17, 15) is 4.79 Å². The van der Waals surface area contributed by atoms with Gasteiger partial charge in [0.25, 0.3) is 5.91 Å². The summed E-state index contributed by atoms with van der Waals surface area (Å²) < 4.78 is 7.41. The van der Waals surface area contributed by atoms with Gasteiger partial charge in [-0.2, -0.15) is 5.10 Å². The first-order valence-corrected chi connectivity index (χ1v) is 12.5. The van der Waals surface area contributed by atoms with E-state index in [0.29, 0.717) is 30.7 Å². The molecular weight excluding hydrogens is 436 g/mol. The standard InChI is InChI=1S/C24H34N6O2S/c1-6-33-24-28-22(26-13-16(2)3)20-14-27-30(23(20)29-24)12-11-25-21(31)15-32-19-9-7-18(8-10-19)17(4)5/h7-10,14,16-17H,6,11-13,15H2,1-5H3,(H,25,31)(H,26,28,29). The van der Waals surface area contributed by atoms with E-state index in [-0.39, 0.29) is 12.5 Å². The van der Waals surface area contributed by atoms with Gasteiger partial charge < -0.3 is 15.4 Å². The number of anilines is 1. The molecule has 0 aliphatic heterocycles. The third-order valence-electron chi connectivity index (χ3n) is 4.99. The molecule has 0 radical (unpaired) electrons. The van der Waals surface area contributed by atoms with Crippen LogP contribution in [0.25, 0.3) is 11.0 Å². The van der Waals surface area contributed by atoms with Crippen LogP contribution in [-0.4, -0.2) is 51.1 Å². The molecule has 0 saturated heterocycles. The van der Waals surface area contributed by atoms with Gasteiger partial charge in [0.05, 0.1) is 18.1 Å². The highest BCUT2D eigenvalue weighted by Crippen LogP contribution is 2.24. The van der Waals surface area contributed by atoms with Gasteiger partial charge in [-0.1, -0.05) is 58.5 Å². The predicted molar refractivity (Wildman–Crippen MR) is 134 cm³/mol. The molecule has 0 fully saturated rings. The number of benzene rings is 1. The number of hydrogen-bond acceptors (Lipinski definition) is 7. The Labute approximate surface area is 199 Å². The summed E-state index contributed by atoms with van der Waals surface area (Å²) in [5.41, 5.74) is 2.01. The molecule has 0 bridgehead atoms. The molecule has 0 atom stereocenters. The number of nitrogens with one attached hydrogen (secondary N) is 2. The van der Waals surface area contributed by atoms with Gasteiger partial charge in [0.2, 0.25) is 0 Å². The minimum absolute atomic E-state index is 0.0242. The van der Waals surface area contributed by atoms with Gasteiger partial charge in [0.1, 0.15) is 11.6 Å². The zero-order valence-corrected chi connectivity index (χ0v) is 20.9. The van der Waals surface area contributed by atoms with E-state index < -0.39 is 0 Å². The van der Waals surface area contributed by atoms with Crippen molar-refractivity contribution in [1.82, 2.24) is 25.1 Å². The Bertz CT molecular complexity index is 1050. The lowest BCUT2D eigenvalue weighted by atomic mass is 10.0. The Morgan fingerprint density at radius 3 is 2.58 bits per heavy atom. The van der Waals surface area contributed by atoms with Gasteiger partial charge in [-0.15, -0.1) is 0 Å². The van der Waals surface area contributed by atoms with Crippen LogP contribution in [0.3, 0.4) is 0 Å². The van der Waals surface area contributed by atoms with Gasteiger partial charge in [-0.25, -0.2) is 14.6 Å². The molecule has 0 unspecified atom stereocenters. The van der Waals surface area contributed by atoms with Gasteiger partial charge in [0, 0.05) is 13.1 Å². The second-order valence-electron chi connectivity index (χ2n) is 8.53.